The van der Waals surface area contributed by atoms with Crippen molar-refractivity contribution in [2.45, 2.75) is 52.5 Å². The lowest BCUT2D eigenvalue weighted by Gasteiger charge is -2.50. The number of benzene rings is 1. The van der Waals surface area contributed by atoms with Gasteiger partial charge in [0, 0.05) is 6.04 Å². The SMILES string of the molecule is COc1cc(C2CC(N)C2(C)C)ccc1OCCC(C)C. The maximum atomic E-state index is 6.12. The van der Waals surface area contributed by atoms with E-state index < -0.39 is 0 Å². The van der Waals surface area contributed by atoms with Crippen LogP contribution in [-0.4, -0.2) is 19.8 Å². The number of rotatable bonds is 6. The van der Waals surface area contributed by atoms with E-state index in [2.05, 4.69) is 39.8 Å². The van der Waals surface area contributed by atoms with E-state index >= 15 is 0 Å². The van der Waals surface area contributed by atoms with Gasteiger partial charge in [0.05, 0.1) is 13.7 Å². The van der Waals surface area contributed by atoms with Crippen LogP contribution in [0, 0.1) is 11.3 Å². The van der Waals surface area contributed by atoms with Crippen molar-refractivity contribution >= 4 is 0 Å². The van der Waals surface area contributed by atoms with E-state index in [9.17, 15) is 0 Å². The minimum Gasteiger partial charge on any atom is -0.493 e. The zero-order valence-corrected chi connectivity index (χ0v) is 14.0. The molecule has 2 unspecified atom stereocenters. The molecule has 2 rings (SSSR count). The molecule has 1 fully saturated rings. The Morgan fingerprint density at radius 3 is 2.52 bits per heavy atom. The summed E-state index contributed by atoms with van der Waals surface area (Å²) in [6.45, 7) is 9.61. The Bertz CT molecular complexity index is 482. The Morgan fingerprint density at radius 2 is 2.00 bits per heavy atom. The average Bonchev–Trinajstić information content (AvgIpc) is 2.44. The second kappa shape index (κ2) is 6.27. The van der Waals surface area contributed by atoms with E-state index in [0.29, 0.717) is 11.8 Å². The highest BCUT2D eigenvalue weighted by Crippen LogP contribution is 2.52. The summed E-state index contributed by atoms with van der Waals surface area (Å²) < 4.78 is 11.3. The minimum absolute atomic E-state index is 0.158. The zero-order valence-electron chi connectivity index (χ0n) is 14.0. The molecule has 0 aromatic heterocycles. The van der Waals surface area contributed by atoms with Gasteiger partial charge in [0.15, 0.2) is 11.5 Å². The van der Waals surface area contributed by atoms with E-state index in [-0.39, 0.29) is 11.5 Å². The van der Waals surface area contributed by atoms with Crippen LogP contribution >= 0.6 is 0 Å². The lowest BCUT2D eigenvalue weighted by molar-refractivity contribution is 0.0981. The first-order valence-corrected chi connectivity index (χ1v) is 7.92. The lowest BCUT2D eigenvalue weighted by atomic mass is 9.57. The Balaban J connectivity index is 2.10. The van der Waals surface area contributed by atoms with Crippen LogP contribution in [-0.2, 0) is 0 Å². The van der Waals surface area contributed by atoms with Gasteiger partial charge in [-0.25, -0.2) is 0 Å². The number of ether oxygens (including phenoxy) is 2. The third-order valence-corrected chi connectivity index (χ3v) is 4.89. The fourth-order valence-corrected chi connectivity index (χ4v) is 2.95. The van der Waals surface area contributed by atoms with Crippen LogP contribution in [0.4, 0.5) is 0 Å². The fourth-order valence-electron chi connectivity index (χ4n) is 2.95. The maximum Gasteiger partial charge on any atom is 0.161 e. The number of methoxy groups -OCH3 is 1. The van der Waals surface area contributed by atoms with Crippen LogP contribution in [0.2, 0.25) is 0 Å². The molecule has 3 heteroatoms. The Hall–Kier alpha value is -1.22. The first-order valence-electron chi connectivity index (χ1n) is 7.92. The van der Waals surface area contributed by atoms with Crippen molar-refractivity contribution in [3.8, 4) is 11.5 Å². The average molecular weight is 291 g/mol. The van der Waals surface area contributed by atoms with Gasteiger partial charge >= 0.3 is 0 Å². The van der Waals surface area contributed by atoms with E-state index in [1.54, 1.807) is 7.11 Å². The van der Waals surface area contributed by atoms with Crippen LogP contribution in [0.25, 0.3) is 0 Å². The molecule has 1 aliphatic rings. The van der Waals surface area contributed by atoms with E-state index in [0.717, 1.165) is 30.9 Å². The molecule has 3 nitrogen and oxygen atoms in total. The zero-order chi connectivity index (χ0) is 15.6. The molecule has 1 aliphatic carbocycles. The molecule has 2 N–H and O–H groups in total. The molecular weight excluding hydrogens is 262 g/mol. The van der Waals surface area contributed by atoms with Gasteiger partial charge in [-0.1, -0.05) is 33.8 Å². The summed E-state index contributed by atoms with van der Waals surface area (Å²) in [7, 11) is 1.70. The summed E-state index contributed by atoms with van der Waals surface area (Å²) >= 11 is 0. The minimum atomic E-state index is 0.158. The lowest BCUT2D eigenvalue weighted by Crippen LogP contribution is -2.52. The standard InChI is InChI=1S/C18H29NO2/c1-12(2)8-9-21-15-7-6-13(10-16(15)20-5)14-11-17(19)18(14,3)4/h6-7,10,12,14,17H,8-9,11,19H2,1-5H3. The molecule has 21 heavy (non-hydrogen) atoms. The Morgan fingerprint density at radius 1 is 1.29 bits per heavy atom. The number of hydrogen-bond acceptors (Lipinski definition) is 3. The van der Waals surface area contributed by atoms with E-state index in [4.69, 9.17) is 15.2 Å². The van der Waals surface area contributed by atoms with E-state index in [1.165, 1.54) is 5.56 Å². The van der Waals surface area contributed by atoms with Crippen molar-refractivity contribution < 1.29 is 9.47 Å². The highest BCUT2D eigenvalue weighted by molar-refractivity contribution is 5.45. The molecule has 2 atom stereocenters. The largest absolute Gasteiger partial charge is 0.493 e. The molecule has 0 bridgehead atoms. The van der Waals surface area contributed by atoms with Gasteiger partial charge in [0.1, 0.15) is 0 Å². The monoisotopic (exact) mass is 291 g/mol. The predicted molar refractivity (Wildman–Crippen MR) is 87.1 cm³/mol. The van der Waals surface area contributed by atoms with Gasteiger partial charge < -0.3 is 15.2 Å². The molecular formula is C18H29NO2. The van der Waals surface area contributed by atoms with E-state index in [1.807, 2.05) is 6.07 Å². The molecule has 0 aliphatic heterocycles. The summed E-state index contributed by atoms with van der Waals surface area (Å²) in [5, 5.41) is 0. The van der Waals surface area contributed by atoms with Crippen LogP contribution in [0.3, 0.4) is 0 Å². The fraction of sp³-hybridized carbons (Fsp3) is 0.667. The van der Waals surface area contributed by atoms with Crippen molar-refractivity contribution in [1.29, 1.82) is 0 Å². The Labute approximate surface area is 128 Å². The molecule has 0 amide bonds. The first kappa shape index (κ1) is 16.2. The highest BCUT2D eigenvalue weighted by Gasteiger charge is 2.46. The van der Waals surface area contributed by atoms with Gasteiger partial charge in [-0.15, -0.1) is 0 Å². The molecule has 118 valence electrons. The molecule has 1 aromatic carbocycles. The summed E-state index contributed by atoms with van der Waals surface area (Å²) in [5.41, 5.74) is 7.58. The second-order valence-corrected chi connectivity index (χ2v) is 7.16. The van der Waals surface area contributed by atoms with Crippen molar-refractivity contribution in [3.05, 3.63) is 23.8 Å². The normalized spacial score (nSPS) is 23.8. The smallest absolute Gasteiger partial charge is 0.161 e. The first-order chi connectivity index (χ1) is 9.86. The summed E-state index contributed by atoms with van der Waals surface area (Å²) in [4.78, 5) is 0. The molecule has 1 saturated carbocycles. The number of hydrogen-bond donors (Lipinski definition) is 1. The molecule has 0 radical (unpaired) electrons. The molecule has 0 heterocycles. The van der Waals surface area contributed by atoms with Gasteiger partial charge in [-0.2, -0.15) is 0 Å². The molecule has 0 saturated heterocycles. The highest BCUT2D eigenvalue weighted by atomic mass is 16.5. The van der Waals surface area contributed by atoms with Crippen LogP contribution in [0.15, 0.2) is 18.2 Å². The number of nitrogens with two attached hydrogens (primary N) is 1. The van der Waals surface area contributed by atoms with Gasteiger partial charge in [0.2, 0.25) is 0 Å². The van der Waals surface area contributed by atoms with Crippen LogP contribution in [0.5, 0.6) is 11.5 Å². The third-order valence-electron chi connectivity index (χ3n) is 4.89. The van der Waals surface area contributed by atoms with Crippen molar-refractivity contribution in [2.24, 2.45) is 17.1 Å². The molecule has 1 aromatic rings. The van der Waals surface area contributed by atoms with Crippen LogP contribution < -0.4 is 15.2 Å². The predicted octanol–water partition coefficient (Wildman–Crippen LogP) is 3.96. The van der Waals surface area contributed by atoms with Crippen molar-refractivity contribution in [3.63, 3.8) is 0 Å². The van der Waals surface area contributed by atoms with Gasteiger partial charge in [-0.05, 0) is 47.8 Å². The topological polar surface area (TPSA) is 44.5 Å². The molecule has 0 spiro atoms. The summed E-state index contributed by atoms with van der Waals surface area (Å²) in [6, 6.07) is 6.60. The summed E-state index contributed by atoms with van der Waals surface area (Å²) in [6.07, 6.45) is 2.10. The van der Waals surface area contributed by atoms with Crippen molar-refractivity contribution in [2.75, 3.05) is 13.7 Å². The van der Waals surface area contributed by atoms with Gasteiger partial charge in [0.25, 0.3) is 0 Å². The van der Waals surface area contributed by atoms with Crippen molar-refractivity contribution in [1.82, 2.24) is 0 Å². The van der Waals surface area contributed by atoms with Gasteiger partial charge in [-0.3, -0.25) is 0 Å². The third kappa shape index (κ3) is 3.34. The second-order valence-electron chi connectivity index (χ2n) is 7.16. The quantitative estimate of drug-likeness (QED) is 0.862. The Kier molecular flexibility index (Phi) is 4.82. The summed E-state index contributed by atoms with van der Waals surface area (Å²) in [5.74, 6) is 2.81. The van der Waals surface area contributed by atoms with Crippen LogP contribution in [0.1, 0.15) is 52.0 Å². The maximum absolute atomic E-state index is 6.12.